The van der Waals surface area contributed by atoms with Crippen molar-refractivity contribution >= 4 is 5.97 Å². The van der Waals surface area contributed by atoms with Crippen molar-refractivity contribution < 1.29 is 19.4 Å². The van der Waals surface area contributed by atoms with Crippen LogP contribution in [0, 0.1) is 13.8 Å². The standard InChI is InChI=1S/C16H25NO4/c1-4-20-16(19)5-6-17-10-14(18)11-21-15-8-12(2)7-13(3)9-15/h7-9,14,17-18H,4-6,10-11H2,1-3H3. The van der Waals surface area contributed by atoms with E-state index in [0.29, 0.717) is 26.1 Å². The molecule has 0 aliphatic carbocycles. The Morgan fingerprint density at radius 3 is 2.57 bits per heavy atom. The molecule has 2 N–H and O–H groups in total. The Balaban J connectivity index is 2.19. The van der Waals surface area contributed by atoms with Gasteiger partial charge < -0.3 is 19.9 Å². The van der Waals surface area contributed by atoms with E-state index in [1.54, 1.807) is 6.92 Å². The van der Waals surface area contributed by atoms with E-state index in [9.17, 15) is 9.90 Å². The van der Waals surface area contributed by atoms with Gasteiger partial charge >= 0.3 is 5.97 Å². The molecule has 0 heterocycles. The molecule has 0 spiro atoms. The molecule has 0 saturated carbocycles. The second-order valence-electron chi connectivity index (χ2n) is 5.05. The van der Waals surface area contributed by atoms with Crippen molar-refractivity contribution in [3.8, 4) is 5.75 Å². The van der Waals surface area contributed by atoms with E-state index in [1.807, 2.05) is 26.0 Å². The zero-order chi connectivity index (χ0) is 15.7. The molecule has 21 heavy (non-hydrogen) atoms. The van der Waals surface area contributed by atoms with E-state index >= 15 is 0 Å². The minimum atomic E-state index is -0.618. The second kappa shape index (κ2) is 9.37. The molecule has 0 radical (unpaired) electrons. The highest BCUT2D eigenvalue weighted by Gasteiger charge is 2.07. The molecule has 0 bridgehead atoms. The van der Waals surface area contributed by atoms with E-state index in [2.05, 4.69) is 11.4 Å². The maximum absolute atomic E-state index is 11.1. The zero-order valence-corrected chi connectivity index (χ0v) is 13.0. The molecule has 1 rings (SSSR count). The van der Waals surface area contributed by atoms with Crippen LogP contribution >= 0.6 is 0 Å². The van der Waals surface area contributed by atoms with E-state index in [-0.39, 0.29) is 12.6 Å². The highest BCUT2D eigenvalue weighted by molar-refractivity contribution is 5.69. The fraction of sp³-hybridized carbons (Fsp3) is 0.562. The Morgan fingerprint density at radius 1 is 1.29 bits per heavy atom. The fourth-order valence-electron chi connectivity index (χ4n) is 1.96. The lowest BCUT2D eigenvalue weighted by molar-refractivity contribution is -0.143. The second-order valence-corrected chi connectivity index (χ2v) is 5.05. The van der Waals surface area contributed by atoms with Gasteiger partial charge in [0.2, 0.25) is 0 Å². The Hall–Kier alpha value is -1.59. The van der Waals surface area contributed by atoms with Crippen molar-refractivity contribution in [1.29, 1.82) is 0 Å². The van der Waals surface area contributed by atoms with Crippen LogP contribution < -0.4 is 10.1 Å². The average molecular weight is 295 g/mol. The molecule has 0 saturated heterocycles. The van der Waals surface area contributed by atoms with Gasteiger partial charge in [-0.05, 0) is 44.0 Å². The normalized spacial score (nSPS) is 12.0. The van der Waals surface area contributed by atoms with Gasteiger partial charge in [-0.3, -0.25) is 4.79 Å². The number of rotatable bonds is 9. The van der Waals surface area contributed by atoms with Gasteiger partial charge in [-0.25, -0.2) is 0 Å². The Labute approximate surface area is 126 Å². The number of aryl methyl sites for hydroxylation is 2. The number of nitrogens with one attached hydrogen (secondary N) is 1. The van der Waals surface area contributed by atoms with Gasteiger partial charge in [0.25, 0.3) is 0 Å². The predicted octanol–water partition coefficient (Wildman–Crippen LogP) is 1.59. The molecule has 1 aromatic carbocycles. The Morgan fingerprint density at radius 2 is 1.95 bits per heavy atom. The molecular formula is C16H25NO4. The van der Waals surface area contributed by atoms with Crippen LogP contribution in [0.2, 0.25) is 0 Å². The zero-order valence-electron chi connectivity index (χ0n) is 13.0. The molecule has 0 amide bonds. The highest BCUT2D eigenvalue weighted by Crippen LogP contribution is 2.16. The molecule has 0 fully saturated rings. The summed E-state index contributed by atoms with van der Waals surface area (Å²) < 4.78 is 10.4. The van der Waals surface area contributed by atoms with Gasteiger partial charge in [0.15, 0.2) is 0 Å². The fourth-order valence-corrected chi connectivity index (χ4v) is 1.96. The van der Waals surface area contributed by atoms with Crippen LogP contribution in [-0.4, -0.2) is 43.5 Å². The summed E-state index contributed by atoms with van der Waals surface area (Å²) in [4.78, 5) is 11.1. The van der Waals surface area contributed by atoms with Gasteiger partial charge in [-0.2, -0.15) is 0 Å². The third kappa shape index (κ3) is 7.68. The largest absolute Gasteiger partial charge is 0.491 e. The van der Waals surface area contributed by atoms with Crippen LogP contribution in [0.5, 0.6) is 5.75 Å². The summed E-state index contributed by atoms with van der Waals surface area (Å²) in [5.74, 6) is 0.532. The number of esters is 1. The van der Waals surface area contributed by atoms with Crippen molar-refractivity contribution in [2.24, 2.45) is 0 Å². The Kier molecular flexibility index (Phi) is 7.79. The first-order valence-corrected chi connectivity index (χ1v) is 7.26. The SMILES string of the molecule is CCOC(=O)CCNCC(O)COc1cc(C)cc(C)c1. The maximum atomic E-state index is 11.1. The Bertz CT molecular complexity index is 428. The summed E-state index contributed by atoms with van der Waals surface area (Å²) >= 11 is 0. The lowest BCUT2D eigenvalue weighted by atomic mass is 10.1. The number of carbonyl (C=O) groups is 1. The predicted molar refractivity (Wildman–Crippen MR) is 81.5 cm³/mol. The first-order valence-electron chi connectivity index (χ1n) is 7.26. The molecule has 5 heteroatoms. The van der Waals surface area contributed by atoms with Gasteiger partial charge in [0.1, 0.15) is 18.5 Å². The van der Waals surface area contributed by atoms with Crippen LogP contribution in [0.25, 0.3) is 0 Å². The van der Waals surface area contributed by atoms with E-state index in [1.165, 1.54) is 0 Å². The van der Waals surface area contributed by atoms with Crippen LogP contribution in [0.4, 0.5) is 0 Å². The van der Waals surface area contributed by atoms with Gasteiger partial charge in [0.05, 0.1) is 13.0 Å². The van der Waals surface area contributed by atoms with E-state index in [0.717, 1.165) is 16.9 Å². The number of aliphatic hydroxyl groups is 1. The molecule has 0 aliphatic rings. The summed E-state index contributed by atoms with van der Waals surface area (Å²) in [6.07, 6.45) is -0.314. The van der Waals surface area contributed by atoms with Crippen molar-refractivity contribution in [3.05, 3.63) is 29.3 Å². The molecule has 1 unspecified atom stereocenters. The van der Waals surface area contributed by atoms with Crippen molar-refractivity contribution in [3.63, 3.8) is 0 Å². The summed E-state index contributed by atoms with van der Waals surface area (Å²) in [6, 6.07) is 5.95. The number of hydrogen-bond donors (Lipinski definition) is 2. The number of ether oxygens (including phenoxy) is 2. The lowest BCUT2D eigenvalue weighted by Crippen LogP contribution is -2.32. The molecule has 1 atom stereocenters. The van der Waals surface area contributed by atoms with Crippen molar-refractivity contribution in [2.45, 2.75) is 33.3 Å². The van der Waals surface area contributed by atoms with Gasteiger partial charge in [0, 0.05) is 13.1 Å². The third-order valence-electron chi connectivity index (χ3n) is 2.83. The van der Waals surface area contributed by atoms with Crippen molar-refractivity contribution in [1.82, 2.24) is 5.32 Å². The molecule has 118 valence electrons. The summed E-state index contributed by atoms with van der Waals surface area (Å²) in [6.45, 7) is 7.27. The van der Waals surface area contributed by atoms with Crippen LogP contribution in [0.1, 0.15) is 24.5 Å². The van der Waals surface area contributed by atoms with Gasteiger partial charge in [-0.15, -0.1) is 0 Å². The van der Waals surface area contributed by atoms with Crippen LogP contribution in [0.3, 0.4) is 0 Å². The minimum Gasteiger partial charge on any atom is -0.491 e. The summed E-state index contributed by atoms with van der Waals surface area (Å²) in [5, 5.41) is 12.8. The molecule has 1 aromatic rings. The monoisotopic (exact) mass is 295 g/mol. The molecule has 5 nitrogen and oxygen atoms in total. The smallest absolute Gasteiger partial charge is 0.307 e. The minimum absolute atomic E-state index is 0.218. The van der Waals surface area contributed by atoms with Crippen LogP contribution in [0.15, 0.2) is 18.2 Å². The first-order chi connectivity index (χ1) is 10.0. The number of hydrogen-bond acceptors (Lipinski definition) is 5. The summed E-state index contributed by atoms with van der Waals surface area (Å²) in [5.41, 5.74) is 2.26. The first kappa shape index (κ1) is 17.5. The third-order valence-corrected chi connectivity index (χ3v) is 2.83. The highest BCUT2D eigenvalue weighted by atomic mass is 16.5. The maximum Gasteiger partial charge on any atom is 0.307 e. The van der Waals surface area contributed by atoms with Crippen LogP contribution in [-0.2, 0) is 9.53 Å². The molecular weight excluding hydrogens is 270 g/mol. The number of benzene rings is 1. The van der Waals surface area contributed by atoms with E-state index < -0.39 is 6.10 Å². The lowest BCUT2D eigenvalue weighted by Gasteiger charge is -2.14. The topological polar surface area (TPSA) is 67.8 Å². The molecule has 0 aromatic heterocycles. The van der Waals surface area contributed by atoms with E-state index in [4.69, 9.17) is 9.47 Å². The number of carbonyl (C=O) groups excluding carboxylic acids is 1. The molecule has 0 aliphatic heterocycles. The number of aliphatic hydroxyl groups excluding tert-OH is 1. The van der Waals surface area contributed by atoms with Gasteiger partial charge in [-0.1, -0.05) is 6.07 Å². The average Bonchev–Trinajstić information content (AvgIpc) is 2.41. The summed E-state index contributed by atoms with van der Waals surface area (Å²) in [7, 11) is 0. The quantitative estimate of drug-likeness (QED) is 0.535. The van der Waals surface area contributed by atoms with Crippen molar-refractivity contribution in [2.75, 3.05) is 26.3 Å².